The molecule has 1 N–H and O–H groups in total. The molecule has 0 radical (unpaired) electrons. The molecule has 0 unspecified atom stereocenters. The molecule has 0 aliphatic carbocycles. The predicted octanol–water partition coefficient (Wildman–Crippen LogP) is 2.42. The van der Waals surface area contributed by atoms with E-state index in [-0.39, 0.29) is 6.61 Å². The largest absolute Gasteiger partial charge is 0.429 e. The SMILES string of the molecule is CCN(CCCOS(=O)(=O)O)c1ccc(N=Nc2scn[n+]2C)cc1. The minimum Gasteiger partial charge on any atom is -0.372 e. The maximum atomic E-state index is 10.5. The van der Waals surface area contributed by atoms with Crippen LogP contribution in [0.25, 0.3) is 0 Å². The lowest BCUT2D eigenvalue weighted by Crippen LogP contribution is -2.28. The lowest BCUT2D eigenvalue weighted by molar-refractivity contribution is -0.713. The lowest BCUT2D eigenvalue weighted by atomic mass is 10.2. The molecule has 0 atom stereocenters. The van der Waals surface area contributed by atoms with Gasteiger partial charge in [-0.05, 0) is 54.1 Å². The highest BCUT2D eigenvalue weighted by atomic mass is 32.3. The van der Waals surface area contributed by atoms with Crippen LogP contribution in [0.15, 0.2) is 40.0 Å². The number of anilines is 1. The van der Waals surface area contributed by atoms with Crippen molar-refractivity contribution in [1.29, 1.82) is 0 Å². The summed E-state index contributed by atoms with van der Waals surface area (Å²) in [6.45, 7) is 3.29. The van der Waals surface area contributed by atoms with Gasteiger partial charge in [0.1, 0.15) is 18.2 Å². The Hall–Kier alpha value is -1.95. The summed E-state index contributed by atoms with van der Waals surface area (Å²) in [5.41, 5.74) is 3.40. The molecule has 0 aliphatic heterocycles. The van der Waals surface area contributed by atoms with E-state index in [1.165, 1.54) is 11.3 Å². The van der Waals surface area contributed by atoms with Gasteiger partial charge in [0.15, 0.2) is 0 Å². The maximum Gasteiger partial charge on any atom is 0.429 e. The molecule has 25 heavy (non-hydrogen) atoms. The molecule has 0 aliphatic rings. The zero-order chi connectivity index (χ0) is 18.3. The Bertz CT molecular complexity index is 805. The van der Waals surface area contributed by atoms with Crippen LogP contribution in [0.2, 0.25) is 0 Å². The van der Waals surface area contributed by atoms with E-state index >= 15 is 0 Å². The number of rotatable bonds is 9. The van der Waals surface area contributed by atoms with Crippen molar-refractivity contribution in [1.82, 2.24) is 5.10 Å². The first kappa shape index (κ1) is 19.4. The molecule has 0 saturated heterocycles. The molecule has 0 spiro atoms. The summed E-state index contributed by atoms with van der Waals surface area (Å²) in [6.07, 6.45) is 0.469. The van der Waals surface area contributed by atoms with Crippen molar-refractivity contribution in [2.75, 3.05) is 24.6 Å². The van der Waals surface area contributed by atoms with Gasteiger partial charge in [-0.2, -0.15) is 8.42 Å². The minimum absolute atomic E-state index is 0.0620. The predicted molar refractivity (Wildman–Crippen MR) is 93.9 cm³/mol. The summed E-state index contributed by atoms with van der Waals surface area (Å²) in [7, 11) is -2.57. The fourth-order valence-electron chi connectivity index (χ4n) is 2.08. The van der Waals surface area contributed by atoms with Gasteiger partial charge >= 0.3 is 15.5 Å². The summed E-state index contributed by atoms with van der Waals surface area (Å²) in [5.74, 6) is 0. The summed E-state index contributed by atoms with van der Waals surface area (Å²) in [4.78, 5) is 2.07. The van der Waals surface area contributed by atoms with Crippen molar-refractivity contribution in [2.45, 2.75) is 13.3 Å². The summed E-state index contributed by atoms with van der Waals surface area (Å²) in [5, 5.41) is 13.1. The molecule has 9 nitrogen and oxygen atoms in total. The Morgan fingerprint density at radius 2 is 2.04 bits per heavy atom. The Balaban J connectivity index is 1.92. The molecule has 11 heteroatoms. The van der Waals surface area contributed by atoms with Gasteiger partial charge in [-0.3, -0.25) is 4.55 Å². The third-order valence-corrected chi connectivity index (χ3v) is 4.53. The highest BCUT2D eigenvalue weighted by Gasteiger charge is 2.10. The van der Waals surface area contributed by atoms with Crippen LogP contribution >= 0.6 is 11.3 Å². The highest BCUT2D eigenvalue weighted by molar-refractivity contribution is 7.80. The van der Waals surface area contributed by atoms with Crippen LogP contribution in [0, 0.1) is 0 Å². The molecule has 0 bridgehead atoms. The molecular weight excluding hydrogens is 366 g/mol. The van der Waals surface area contributed by atoms with Crippen LogP contribution in [0.1, 0.15) is 13.3 Å². The van der Waals surface area contributed by atoms with E-state index in [1.54, 1.807) is 17.2 Å². The van der Waals surface area contributed by atoms with Crippen LogP contribution in [0.5, 0.6) is 0 Å². The molecular formula is C14H20N5O4S2+. The number of hydrogen-bond donors (Lipinski definition) is 1. The average Bonchev–Trinajstić information content (AvgIpc) is 2.98. The van der Waals surface area contributed by atoms with Crippen LogP contribution < -0.4 is 9.58 Å². The number of hydrogen-bond acceptors (Lipinski definition) is 8. The number of azo groups is 1. The van der Waals surface area contributed by atoms with Crippen molar-refractivity contribution in [2.24, 2.45) is 17.3 Å². The smallest absolute Gasteiger partial charge is 0.372 e. The van der Waals surface area contributed by atoms with Gasteiger partial charge in [0.25, 0.3) is 0 Å². The first-order valence-electron chi connectivity index (χ1n) is 7.57. The molecule has 1 aromatic heterocycles. The van der Waals surface area contributed by atoms with E-state index in [2.05, 4.69) is 24.4 Å². The highest BCUT2D eigenvalue weighted by Crippen LogP contribution is 2.22. The van der Waals surface area contributed by atoms with Gasteiger partial charge in [-0.15, -0.1) is 4.68 Å². The van der Waals surface area contributed by atoms with Gasteiger partial charge in [0, 0.05) is 18.8 Å². The summed E-state index contributed by atoms with van der Waals surface area (Å²) >= 11 is 1.40. The Morgan fingerprint density at radius 1 is 1.32 bits per heavy atom. The van der Waals surface area contributed by atoms with E-state index in [1.807, 2.05) is 31.2 Å². The van der Waals surface area contributed by atoms with E-state index < -0.39 is 10.4 Å². The lowest BCUT2D eigenvalue weighted by Gasteiger charge is -2.22. The molecule has 0 amide bonds. The second-order valence-electron chi connectivity index (χ2n) is 5.04. The fraction of sp³-hybridized carbons (Fsp3) is 0.429. The first-order chi connectivity index (χ1) is 11.9. The van der Waals surface area contributed by atoms with Crippen molar-refractivity contribution in [3.8, 4) is 0 Å². The molecule has 1 heterocycles. The molecule has 2 aromatic rings. The van der Waals surface area contributed by atoms with E-state index in [0.717, 1.165) is 17.9 Å². The summed E-state index contributed by atoms with van der Waals surface area (Å²) in [6, 6.07) is 7.57. The molecule has 0 saturated carbocycles. The monoisotopic (exact) mass is 386 g/mol. The van der Waals surface area contributed by atoms with Gasteiger partial charge in [0.05, 0.1) is 11.7 Å². The minimum atomic E-state index is -4.37. The first-order valence-corrected chi connectivity index (χ1v) is 9.82. The van der Waals surface area contributed by atoms with Gasteiger partial charge in [-0.1, -0.05) is 5.10 Å². The number of nitrogens with zero attached hydrogens (tertiary/aromatic N) is 5. The second kappa shape index (κ2) is 8.94. The fourth-order valence-corrected chi connectivity index (χ4v) is 2.97. The Morgan fingerprint density at radius 3 is 2.60 bits per heavy atom. The van der Waals surface area contributed by atoms with Crippen LogP contribution in [-0.4, -0.2) is 37.8 Å². The second-order valence-corrected chi connectivity index (χ2v) is 6.95. The van der Waals surface area contributed by atoms with E-state index in [4.69, 9.17) is 4.55 Å². The topological polar surface area (TPSA) is 108 Å². The normalized spacial score (nSPS) is 12.0. The van der Waals surface area contributed by atoms with Crippen molar-refractivity contribution in [3.63, 3.8) is 0 Å². The van der Waals surface area contributed by atoms with Crippen molar-refractivity contribution < 1.29 is 21.8 Å². The number of benzene rings is 1. The zero-order valence-electron chi connectivity index (χ0n) is 13.9. The Labute approximate surface area is 150 Å². The molecule has 2 rings (SSSR count). The maximum absolute atomic E-state index is 10.5. The van der Waals surface area contributed by atoms with Crippen LogP contribution in [0.4, 0.5) is 16.5 Å². The van der Waals surface area contributed by atoms with E-state index in [9.17, 15) is 8.42 Å². The zero-order valence-corrected chi connectivity index (χ0v) is 15.6. The Kier molecular flexibility index (Phi) is 6.93. The van der Waals surface area contributed by atoms with Crippen molar-refractivity contribution >= 4 is 38.2 Å². The summed E-state index contributed by atoms with van der Waals surface area (Å²) < 4.78 is 35.5. The quantitative estimate of drug-likeness (QED) is 0.307. The van der Waals surface area contributed by atoms with Crippen LogP contribution in [0.3, 0.4) is 0 Å². The third-order valence-electron chi connectivity index (χ3n) is 3.31. The van der Waals surface area contributed by atoms with Gasteiger partial charge < -0.3 is 4.90 Å². The van der Waals surface area contributed by atoms with Crippen molar-refractivity contribution in [3.05, 3.63) is 29.8 Å². The third kappa shape index (κ3) is 6.46. The molecule has 0 fully saturated rings. The van der Waals surface area contributed by atoms with E-state index in [0.29, 0.717) is 18.1 Å². The average molecular weight is 386 g/mol. The number of aryl methyl sites for hydroxylation is 1. The molecule has 136 valence electrons. The molecule has 1 aromatic carbocycles. The standard InChI is InChI=1S/C14H19N5O4S2/c1-3-19(9-4-10-23-25(20,21)22)13-7-5-12(6-8-13)16-17-14-18(2)15-11-24-14/h5-8,11H,3-4,9-10H2,1-2H3/p+1. The van der Waals surface area contributed by atoms with Crippen LogP contribution in [-0.2, 0) is 21.6 Å². The number of aromatic nitrogens is 2. The van der Waals surface area contributed by atoms with Gasteiger partial charge in [0.2, 0.25) is 0 Å². The van der Waals surface area contributed by atoms with Gasteiger partial charge in [-0.25, -0.2) is 4.18 Å².